The van der Waals surface area contributed by atoms with Gasteiger partial charge in [0.15, 0.2) is 0 Å². The van der Waals surface area contributed by atoms with Crippen LogP contribution in [-0.4, -0.2) is 4.98 Å². The van der Waals surface area contributed by atoms with Gasteiger partial charge in [-0.3, -0.25) is 0 Å². The first kappa shape index (κ1) is 13.3. The maximum Gasteiger partial charge on any atom is 0 e. The van der Waals surface area contributed by atoms with Gasteiger partial charge in [-0.1, -0.05) is 50.9 Å². The summed E-state index contributed by atoms with van der Waals surface area (Å²) < 4.78 is 0. The first-order chi connectivity index (χ1) is 5.61. The Hall–Kier alpha value is 0.254. The average molecular weight is 251 g/mol. The molecular weight excluding hydrogens is 235 g/mol. The van der Waals surface area contributed by atoms with Crippen molar-refractivity contribution in [3.05, 3.63) is 29.6 Å². The van der Waals surface area contributed by atoms with Crippen LogP contribution in [0.15, 0.2) is 12.1 Å². The van der Waals surface area contributed by atoms with Gasteiger partial charge in [-0.25, -0.2) is 0 Å². The predicted octanol–water partition coefficient (Wildman–Crippen LogP) is 3.13. The Bertz CT molecular complexity index is 233. The smallest absolute Gasteiger partial charge is 0 e. The standard InChI is InChI=1S/C11H16N.Y/c1-8(2)10-6-5-7-11(12-10)9(3)4;/h6-9H,1-4H3;/q-1;. The number of aromatic nitrogens is 1. The van der Waals surface area contributed by atoms with Crippen LogP contribution in [0.2, 0.25) is 0 Å². The van der Waals surface area contributed by atoms with Crippen LogP contribution in [-0.2, 0) is 32.7 Å². The largest absolute Gasteiger partial charge is 0.384 e. The number of rotatable bonds is 2. The normalized spacial score (nSPS) is 10.3. The third-order valence-electron chi connectivity index (χ3n) is 1.90. The van der Waals surface area contributed by atoms with Crippen molar-refractivity contribution in [3.63, 3.8) is 0 Å². The third-order valence-corrected chi connectivity index (χ3v) is 1.90. The van der Waals surface area contributed by atoms with E-state index in [2.05, 4.69) is 38.7 Å². The summed E-state index contributed by atoms with van der Waals surface area (Å²) in [6.45, 7) is 8.61. The van der Waals surface area contributed by atoms with E-state index < -0.39 is 0 Å². The van der Waals surface area contributed by atoms with Gasteiger partial charge >= 0.3 is 0 Å². The second kappa shape index (κ2) is 5.87. The van der Waals surface area contributed by atoms with Crippen LogP contribution in [0.3, 0.4) is 0 Å². The molecule has 1 aromatic heterocycles. The molecule has 2 heteroatoms. The van der Waals surface area contributed by atoms with Crippen LogP contribution in [0.1, 0.15) is 50.9 Å². The maximum absolute atomic E-state index is 4.54. The number of pyridine rings is 1. The molecule has 0 saturated carbocycles. The van der Waals surface area contributed by atoms with Crippen molar-refractivity contribution in [2.24, 2.45) is 0 Å². The summed E-state index contributed by atoms with van der Waals surface area (Å²) in [5, 5.41) is 0. The van der Waals surface area contributed by atoms with E-state index in [0.29, 0.717) is 11.8 Å². The van der Waals surface area contributed by atoms with Gasteiger partial charge in [0.05, 0.1) is 0 Å². The molecule has 0 aliphatic heterocycles. The molecular formula is C11H16NY-. The number of nitrogens with zero attached hydrogens (tertiary/aromatic N) is 1. The fourth-order valence-corrected chi connectivity index (χ4v) is 1.02. The van der Waals surface area contributed by atoms with E-state index in [-0.39, 0.29) is 32.7 Å². The van der Waals surface area contributed by atoms with E-state index in [4.69, 9.17) is 0 Å². The minimum absolute atomic E-state index is 0. The molecule has 1 rings (SSSR count). The molecule has 1 nitrogen and oxygen atoms in total. The first-order valence-corrected chi connectivity index (χ1v) is 4.49. The molecule has 0 aliphatic carbocycles. The summed E-state index contributed by atoms with van der Waals surface area (Å²) in [6, 6.07) is 7.07. The molecule has 0 N–H and O–H groups in total. The van der Waals surface area contributed by atoms with Gasteiger partial charge in [0, 0.05) is 32.7 Å². The summed E-state index contributed by atoms with van der Waals surface area (Å²) in [5.41, 5.74) is 2.28. The van der Waals surface area contributed by atoms with Crippen LogP contribution >= 0.6 is 0 Å². The van der Waals surface area contributed by atoms with E-state index in [1.807, 2.05) is 12.1 Å². The molecule has 0 aliphatic rings. The zero-order valence-corrected chi connectivity index (χ0v) is 11.7. The molecule has 1 radical (unpaired) electrons. The van der Waals surface area contributed by atoms with Crippen LogP contribution in [0.5, 0.6) is 0 Å². The van der Waals surface area contributed by atoms with Crippen LogP contribution < -0.4 is 0 Å². The zero-order valence-electron chi connectivity index (χ0n) is 8.83. The molecule has 0 amide bonds. The van der Waals surface area contributed by atoms with E-state index in [1.165, 1.54) is 0 Å². The van der Waals surface area contributed by atoms with Crippen LogP contribution in [0, 0.1) is 6.07 Å². The van der Waals surface area contributed by atoms with Crippen LogP contribution in [0.4, 0.5) is 0 Å². The fourth-order valence-electron chi connectivity index (χ4n) is 1.02. The third kappa shape index (κ3) is 3.87. The molecule has 0 aromatic carbocycles. The van der Waals surface area contributed by atoms with Crippen LogP contribution in [0.25, 0.3) is 0 Å². The quantitative estimate of drug-likeness (QED) is 0.736. The number of hydrogen-bond acceptors (Lipinski definition) is 1. The topological polar surface area (TPSA) is 12.9 Å². The minimum Gasteiger partial charge on any atom is -0.384 e. The summed E-state index contributed by atoms with van der Waals surface area (Å²) in [4.78, 5) is 4.54. The van der Waals surface area contributed by atoms with Gasteiger partial charge in [0.25, 0.3) is 0 Å². The SMILES string of the molecule is CC(C)c1c[c-]cc(C(C)C)n1.[Y]. The molecule has 13 heavy (non-hydrogen) atoms. The average Bonchev–Trinajstić information content (AvgIpc) is 2.04. The summed E-state index contributed by atoms with van der Waals surface area (Å²) >= 11 is 0. The van der Waals surface area contributed by atoms with Crippen molar-refractivity contribution in [2.75, 3.05) is 0 Å². The molecule has 0 saturated heterocycles. The van der Waals surface area contributed by atoms with E-state index in [0.717, 1.165) is 11.4 Å². The Kier molecular flexibility index (Phi) is 5.99. The predicted molar refractivity (Wildman–Crippen MR) is 51.3 cm³/mol. The summed E-state index contributed by atoms with van der Waals surface area (Å²) in [7, 11) is 0. The van der Waals surface area contributed by atoms with Crippen molar-refractivity contribution in [2.45, 2.75) is 39.5 Å². The monoisotopic (exact) mass is 251 g/mol. The van der Waals surface area contributed by atoms with Crippen molar-refractivity contribution in [3.8, 4) is 0 Å². The van der Waals surface area contributed by atoms with Gasteiger partial charge in [0.1, 0.15) is 0 Å². The summed E-state index contributed by atoms with van der Waals surface area (Å²) in [5.74, 6) is 1.000. The number of hydrogen-bond donors (Lipinski definition) is 0. The van der Waals surface area contributed by atoms with Crippen molar-refractivity contribution in [1.82, 2.24) is 4.98 Å². The van der Waals surface area contributed by atoms with E-state index in [9.17, 15) is 0 Å². The van der Waals surface area contributed by atoms with Gasteiger partial charge in [-0.05, 0) is 0 Å². The van der Waals surface area contributed by atoms with Crippen molar-refractivity contribution < 1.29 is 32.7 Å². The second-order valence-electron chi connectivity index (χ2n) is 3.73. The zero-order chi connectivity index (χ0) is 9.14. The van der Waals surface area contributed by atoms with E-state index >= 15 is 0 Å². The van der Waals surface area contributed by atoms with Gasteiger partial charge < -0.3 is 4.98 Å². The Labute approximate surface area is 106 Å². The van der Waals surface area contributed by atoms with Crippen molar-refractivity contribution in [1.29, 1.82) is 0 Å². The Morgan fingerprint density at radius 3 is 1.69 bits per heavy atom. The second-order valence-corrected chi connectivity index (χ2v) is 3.73. The Morgan fingerprint density at radius 1 is 1.00 bits per heavy atom. The molecule has 1 heterocycles. The molecule has 1 aromatic rings. The summed E-state index contributed by atoms with van der Waals surface area (Å²) in [6.07, 6.45) is 0. The Balaban J connectivity index is 0.00000144. The fraction of sp³-hybridized carbons (Fsp3) is 0.545. The van der Waals surface area contributed by atoms with E-state index in [1.54, 1.807) is 0 Å². The molecule has 69 valence electrons. The molecule has 0 bridgehead atoms. The molecule has 0 spiro atoms. The minimum atomic E-state index is 0. The first-order valence-electron chi connectivity index (χ1n) is 4.49. The maximum atomic E-state index is 4.54. The van der Waals surface area contributed by atoms with Gasteiger partial charge in [-0.2, -0.15) is 18.2 Å². The van der Waals surface area contributed by atoms with Crippen molar-refractivity contribution >= 4 is 0 Å². The van der Waals surface area contributed by atoms with Gasteiger partial charge in [0.2, 0.25) is 0 Å². The molecule has 0 fully saturated rings. The molecule has 0 unspecified atom stereocenters. The Morgan fingerprint density at radius 2 is 1.38 bits per heavy atom. The van der Waals surface area contributed by atoms with Gasteiger partial charge in [-0.15, -0.1) is 0 Å². The molecule has 0 atom stereocenters.